The minimum absolute atomic E-state index is 0.187. The van der Waals surface area contributed by atoms with E-state index in [0.717, 1.165) is 5.69 Å². The zero-order chi connectivity index (χ0) is 13.3. The van der Waals surface area contributed by atoms with Crippen LogP contribution in [0.5, 0.6) is 0 Å². The number of hydrogen-bond donors (Lipinski definition) is 1. The number of nitrogens with zero attached hydrogens (tertiary/aromatic N) is 3. The average Bonchev–Trinajstić information content (AvgIpc) is 2.69. The predicted molar refractivity (Wildman–Crippen MR) is 65.6 cm³/mol. The van der Waals surface area contributed by atoms with E-state index in [9.17, 15) is 9.59 Å². The van der Waals surface area contributed by atoms with Crippen LogP contribution in [0.1, 0.15) is 12.6 Å². The lowest BCUT2D eigenvalue weighted by Crippen LogP contribution is -2.21. The fraction of sp³-hybridized carbons (Fsp3) is 0.250. The predicted octanol–water partition coefficient (Wildman–Crippen LogP) is 0.835. The van der Waals surface area contributed by atoms with Crippen LogP contribution < -0.4 is 5.56 Å². The van der Waals surface area contributed by atoms with Crippen LogP contribution in [0, 0.1) is 6.92 Å². The first kappa shape index (κ1) is 12.1. The van der Waals surface area contributed by atoms with Crippen LogP contribution >= 0.6 is 0 Å². The summed E-state index contributed by atoms with van der Waals surface area (Å²) in [5.41, 5.74) is 1.28. The minimum atomic E-state index is -0.982. The van der Waals surface area contributed by atoms with E-state index < -0.39 is 5.97 Å². The maximum Gasteiger partial charge on any atom is 0.331 e. The third-order valence-electron chi connectivity index (χ3n) is 2.66. The normalized spacial score (nSPS) is 12.0. The van der Waals surface area contributed by atoms with Crippen molar-refractivity contribution in [3.8, 4) is 0 Å². The van der Waals surface area contributed by atoms with Gasteiger partial charge in [0.15, 0.2) is 0 Å². The van der Waals surface area contributed by atoms with Crippen molar-refractivity contribution in [1.82, 2.24) is 14.2 Å². The number of aliphatic carboxylic acids is 1. The number of allylic oxidation sites excluding steroid dienone is 1. The van der Waals surface area contributed by atoms with Crippen molar-refractivity contribution in [2.24, 2.45) is 0 Å². The first-order valence-corrected chi connectivity index (χ1v) is 5.44. The zero-order valence-electron chi connectivity index (χ0n) is 10.1. The molecule has 0 atom stereocenters. The molecule has 0 amide bonds. The van der Waals surface area contributed by atoms with Crippen molar-refractivity contribution in [2.45, 2.75) is 20.4 Å². The minimum Gasteiger partial charge on any atom is -0.478 e. The van der Waals surface area contributed by atoms with Gasteiger partial charge in [0.1, 0.15) is 5.52 Å². The second-order valence-electron chi connectivity index (χ2n) is 4.06. The molecule has 2 aromatic heterocycles. The van der Waals surface area contributed by atoms with E-state index in [1.165, 1.54) is 22.1 Å². The van der Waals surface area contributed by atoms with Gasteiger partial charge in [-0.1, -0.05) is 6.08 Å². The molecule has 0 aromatic carbocycles. The maximum absolute atomic E-state index is 12.0. The van der Waals surface area contributed by atoms with E-state index in [2.05, 4.69) is 5.10 Å². The molecule has 0 saturated carbocycles. The Bertz CT molecular complexity index is 694. The summed E-state index contributed by atoms with van der Waals surface area (Å²) in [6.07, 6.45) is 4.77. The Morgan fingerprint density at radius 3 is 2.89 bits per heavy atom. The third-order valence-corrected chi connectivity index (χ3v) is 2.66. The topological polar surface area (TPSA) is 76.6 Å². The van der Waals surface area contributed by atoms with E-state index >= 15 is 0 Å². The van der Waals surface area contributed by atoms with Crippen LogP contribution in [0.25, 0.3) is 5.52 Å². The Balaban J connectivity index is 2.41. The number of carboxylic acids is 1. The molecule has 0 bridgehead atoms. The molecule has 0 fully saturated rings. The average molecular weight is 247 g/mol. The van der Waals surface area contributed by atoms with Gasteiger partial charge in [-0.25, -0.2) is 9.31 Å². The molecule has 6 nitrogen and oxygen atoms in total. The Labute approximate surface area is 103 Å². The lowest BCUT2D eigenvalue weighted by Gasteiger charge is -2.02. The summed E-state index contributed by atoms with van der Waals surface area (Å²) in [6, 6.07) is 1.70. The highest BCUT2D eigenvalue weighted by molar-refractivity contribution is 5.85. The number of rotatable bonds is 3. The highest BCUT2D eigenvalue weighted by Crippen LogP contribution is 2.00. The third kappa shape index (κ3) is 2.17. The van der Waals surface area contributed by atoms with Gasteiger partial charge in [-0.2, -0.15) is 5.10 Å². The fourth-order valence-corrected chi connectivity index (χ4v) is 1.61. The number of carbonyl (C=O) groups is 1. The molecule has 6 heteroatoms. The Morgan fingerprint density at radius 2 is 2.22 bits per heavy atom. The number of carboxylic acid groups (broad SMARTS) is 1. The molecular formula is C12H13N3O3. The highest BCUT2D eigenvalue weighted by atomic mass is 16.4. The van der Waals surface area contributed by atoms with Crippen molar-refractivity contribution in [3.05, 3.63) is 46.2 Å². The first-order valence-electron chi connectivity index (χ1n) is 5.44. The van der Waals surface area contributed by atoms with Crippen LogP contribution in [-0.4, -0.2) is 25.3 Å². The molecule has 94 valence electrons. The second-order valence-corrected chi connectivity index (χ2v) is 4.06. The molecule has 0 aliphatic heterocycles. The van der Waals surface area contributed by atoms with Crippen molar-refractivity contribution < 1.29 is 9.90 Å². The van der Waals surface area contributed by atoms with Gasteiger partial charge >= 0.3 is 5.97 Å². The molecule has 0 aliphatic carbocycles. The maximum atomic E-state index is 12.0. The molecule has 0 radical (unpaired) electrons. The van der Waals surface area contributed by atoms with Crippen LogP contribution in [0.2, 0.25) is 0 Å². The molecule has 0 spiro atoms. The van der Waals surface area contributed by atoms with Gasteiger partial charge in [-0.05, 0) is 19.9 Å². The molecule has 0 aliphatic rings. The monoisotopic (exact) mass is 247 g/mol. The summed E-state index contributed by atoms with van der Waals surface area (Å²) < 4.78 is 2.96. The SMILES string of the molecule is C/C(=C/Cn1ccn2nc(C)cc2c1=O)C(=O)O. The van der Waals surface area contributed by atoms with E-state index in [-0.39, 0.29) is 17.7 Å². The first-order chi connectivity index (χ1) is 8.49. The van der Waals surface area contributed by atoms with Gasteiger partial charge < -0.3 is 9.67 Å². The van der Waals surface area contributed by atoms with E-state index in [1.807, 2.05) is 6.92 Å². The van der Waals surface area contributed by atoms with Gasteiger partial charge in [-0.3, -0.25) is 4.79 Å². The quantitative estimate of drug-likeness (QED) is 0.815. The van der Waals surface area contributed by atoms with Gasteiger partial charge in [0.05, 0.1) is 5.69 Å². The number of fused-ring (bicyclic) bond motifs is 1. The summed E-state index contributed by atoms with van der Waals surface area (Å²) in [6.45, 7) is 3.54. The highest BCUT2D eigenvalue weighted by Gasteiger charge is 2.05. The van der Waals surface area contributed by atoms with Crippen LogP contribution in [0.15, 0.2) is 34.9 Å². The smallest absolute Gasteiger partial charge is 0.331 e. The van der Waals surface area contributed by atoms with Crippen molar-refractivity contribution in [2.75, 3.05) is 0 Å². The van der Waals surface area contributed by atoms with Crippen molar-refractivity contribution >= 4 is 11.5 Å². The number of aryl methyl sites for hydroxylation is 1. The van der Waals surface area contributed by atoms with Crippen LogP contribution in [0.3, 0.4) is 0 Å². The molecule has 18 heavy (non-hydrogen) atoms. The number of aromatic nitrogens is 3. The summed E-state index contributed by atoms with van der Waals surface area (Å²) in [4.78, 5) is 22.7. The molecule has 2 heterocycles. The molecule has 0 saturated heterocycles. The van der Waals surface area contributed by atoms with Gasteiger partial charge in [0, 0.05) is 24.5 Å². The van der Waals surface area contributed by atoms with Gasteiger partial charge in [-0.15, -0.1) is 0 Å². The van der Waals surface area contributed by atoms with E-state index in [4.69, 9.17) is 5.11 Å². The Hall–Kier alpha value is -2.37. The van der Waals surface area contributed by atoms with Crippen molar-refractivity contribution in [1.29, 1.82) is 0 Å². The van der Waals surface area contributed by atoms with E-state index in [1.54, 1.807) is 18.5 Å². The van der Waals surface area contributed by atoms with E-state index in [0.29, 0.717) is 5.52 Å². The summed E-state index contributed by atoms with van der Waals surface area (Å²) >= 11 is 0. The second kappa shape index (κ2) is 4.48. The van der Waals surface area contributed by atoms with Crippen LogP contribution in [-0.2, 0) is 11.3 Å². The lowest BCUT2D eigenvalue weighted by molar-refractivity contribution is -0.132. The summed E-state index contributed by atoms with van der Waals surface area (Å²) in [5.74, 6) is -0.982. The fourth-order valence-electron chi connectivity index (χ4n) is 1.61. The largest absolute Gasteiger partial charge is 0.478 e. The van der Waals surface area contributed by atoms with Gasteiger partial charge in [0.25, 0.3) is 5.56 Å². The summed E-state index contributed by atoms with van der Waals surface area (Å²) in [5, 5.41) is 12.9. The molecule has 0 unspecified atom stereocenters. The lowest BCUT2D eigenvalue weighted by atomic mass is 10.3. The number of hydrogen-bond acceptors (Lipinski definition) is 3. The van der Waals surface area contributed by atoms with Gasteiger partial charge in [0.2, 0.25) is 0 Å². The molecule has 1 N–H and O–H groups in total. The van der Waals surface area contributed by atoms with Crippen LogP contribution in [0.4, 0.5) is 0 Å². The zero-order valence-corrected chi connectivity index (χ0v) is 10.1. The Morgan fingerprint density at radius 1 is 1.50 bits per heavy atom. The molecular weight excluding hydrogens is 234 g/mol. The molecule has 2 rings (SSSR count). The Kier molecular flexibility index (Phi) is 3.01. The standard InChI is InChI=1S/C12H13N3O3/c1-8(12(17)18)3-4-14-5-6-15-10(11(14)16)7-9(2)13-15/h3,5-7H,4H2,1-2H3,(H,17,18)/b8-3-. The van der Waals surface area contributed by atoms with Crippen molar-refractivity contribution in [3.63, 3.8) is 0 Å². The summed E-state index contributed by atoms with van der Waals surface area (Å²) in [7, 11) is 0. The molecule has 2 aromatic rings.